The molecule has 0 aromatic carbocycles. The van der Waals surface area contributed by atoms with Gasteiger partial charge in [0.25, 0.3) is 0 Å². The molecule has 1 unspecified atom stereocenters. The van der Waals surface area contributed by atoms with Crippen molar-refractivity contribution in [3.8, 4) is 0 Å². The number of pyridine rings is 1. The third-order valence-corrected chi connectivity index (χ3v) is 2.97. The molecule has 2 aromatic heterocycles. The van der Waals surface area contributed by atoms with Crippen molar-refractivity contribution < 1.29 is 0 Å². The molecule has 0 aliphatic carbocycles. The summed E-state index contributed by atoms with van der Waals surface area (Å²) < 4.78 is 2.16. The summed E-state index contributed by atoms with van der Waals surface area (Å²) in [6.45, 7) is 7.37. The fourth-order valence-corrected chi connectivity index (χ4v) is 1.69. The minimum atomic E-state index is 0.551. The molecular weight excluding hydrogens is 198 g/mol. The van der Waals surface area contributed by atoms with E-state index in [9.17, 15) is 0 Å². The molecule has 0 fully saturated rings. The van der Waals surface area contributed by atoms with Gasteiger partial charge in [0.15, 0.2) is 0 Å². The van der Waals surface area contributed by atoms with E-state index in [1.807, 2.05) is 6.20 Å². The van der Waals surface area contributed by atoms with Crippen LogP contribution in [-0.4, -0.2) is 15.4 Å². The van der Waals surface area contributed by atoms with Gasteiger partial charge in [-0.2, -0.15) is 0 Å². The first-order chi connectivity index (χ1) is 7.70. The summed E-state index contributed by atoms with van der Waals surface area (Å²) in [6.07, 6.45) is 5.23. The minimum absolute atomic E-state index is 0.551. The van der Waals surface area contributed by atoms with E-state index in [0.717, 1.165) is 18.6 Å². The number of imidazole rings is 1. The smallest absolute Gasteiger partial charge is 0.136 e. The second kappa shape index (κ2) is 4.66. The molecule has 0 spiro atoms. The largest absolute Gasteiger partial charge is 0.309 e. The van der Waals surface area contributed by atoms with Crippen LogP contribution in [0.25, 0.3) is 5.65 Å². The molecule has 2 heterocycles. The Hall–Kier alpha value is -1.35. The standard InChI is InChI=1S/C13H19N3/c1-4-11(3)14-7-12-8-15-13-6-5-10(2)9-16(12)13/h5-6,8-9,11,14H,4,7H2,1-3H3. The highest BCUT2D eigenvalue weighted by molar-refractivity contribution is 5.41. The molecule has 3 nitrogen and oxygen atoms in total. The van der Waals surface area contributed by atoms with E-state index in [4.69, 9.17) is 0 Å². The van der Waals surface area contributed by atoms with Crippen LogP contribution in [0.2, 0.25) is 0 Å². The Kier molecular flexibility index (Phi) is 3.25. The first-order valence-corrected chi connectivity index (χ1v) is 5.86. The molecule has 2 aromatic rings. The predicted octanol–water partition coefficient (Wildman–Crippen LogP) is 2.53. The lowest BCUT2D eigenvalue weighted by Crippen LogP contribution is -2.25. The lowest BCUT2D eigenvalue weighted by molar-refractivity contribution is 0.528. The lowest BCUT2D eigenvalue weighted by Gasteiger charge is -2.10. The maximum Gasteiger partial charge on any atom is 0.136 e. The van der Waals surface area contributed by atoms with E-state index in [-0.39, 0.29) is 0 Å². The van der Waals surface area contributed by atoms with Crippen molar-refractivity contribution in [1.82, 2.24) is 14.7 Å². The SMILES string of the molecule is CCC(C)NCc1cnc2ccc(C)cn12. The van der Waals surface area contributed by atoms with E-state index in [0.29, 0.717) is 6.04 Å². The third-order valence-electron chi connectivity index (χ3n) is 2.97. The maximum absolute atomic E-state index is 4.39. The van der Waals surface area contributed by atoms with Crippen molar-refractivity contribution in [3.63, 3.8) is 0 Å². The van der Waals surface area contributed by atoms with E-state index in [1.54, 1.807) is 0 Å². The second-order valence-electron chi connectivity index (χ2n) is 4.37. The van der Waals surface area contributed by atoms with Crippen LogP contribution in [0.15, 0.2) is 24.5 Å². The van der Waals surface area contributed by atoms with Crippen LogP contribution in [0.3, 0.4) is 0 Å². The van der Waals surface area contributed by atoms with Crippen LogP contribution in [0.4, 0.5) is 0 Å². The Morgan fingerprint density at radius 3 is 3.00 bits per heavy atom. The zero-order valence-corrected chi connectivity index (χ0v) is 10.2. The van der Waals surface area contributed by atoms with Gasteiger partial charge in [0.1, 0.15) is 5.65 Å². The molecule has 0 saturated carbocycles. The van der Waals surface area contributed by atoms with E-state index in [1.165, 1.54) is 11.3 Å². The summed E-state index contributed by atoms with van der Waals surface area (Å²) in [4.78, 5) is 4.39. The summed E-state index contributed by atoms with van der Waals surface area (Å²) in [7, 11) is 0. The van der Waals surface area contributed by atoms with Gasteiger partial charge in [-0.1, -0.05) is 13.0 Å². The quantitative estimate of drug-likeness (QED) is 0.852. The molecule has 0 radical (unpaired) electrons. The third kappa shape index (κ3) is 2.25. The van der Waals surface area contributed by atoms with Crippen LogP contribution in [0.5, 0.6) is 0 Å². The van der Waals surface area contributed by atoms with Gasteiger partial charge in [0.05, 0.1) is 11.9 Å². The van der Waals surface area contributed by atoms with E-state index in [2.05, 4.69) is 53.8 Å². The van der Waals surface area contributed by atoms with Gasteiger partial charge < -0.3 is 9.72 Å². The van der Waals surface area contributed by atoms with Gasteiger partial charge in [-0.15, -0.1) is 0 Å². The number of nitrogens with one attached hydrogen (secondary N) is 1. The fraction of sp³-hybridized carbons (Fsp3) is 0.462. The Morgan fingerprint density at radius 2 is 2.25 bits per heavy atom. The van der Waals surface area contributed by atoms with Gasteiger partial charge in [-0.05, 0) is 31.9 Å². The van der Waals surface area contributed by atoms with Crippen molar-refractivity contribution in [1.29, 1.82) is 0 Å². The second-order valence-corrected chi connectivity index (χ2v) is 4.37. The van der Waals surface area contributed by atoms with Gasteiger partial charge >= 0.3 is 0 Å². The molecule has 86 valence electrons. The van der Waals surface area contributed by atoms with Crippen molar-refractivity contribution in [2.45, 2.75) is 39.8 Å². The number of rotatable bonds is 4. The predicted molar refractivity (Wildman–Crippen MR) is 66.5 cm³/mol. The average Bonchev–Trinajstić information content (AvgIpc) is 2.68. The minimum Gasteiger partial charge on any atom is -0.309 e. The molecule has 0 aliphatic rings. The van der Waals surface area contributed by atoms with Gasteiger partial charge in [0, 0.05) is 18.8 Å². The Labute approximate surface area is 96.5 Å². The molecule has 0 saturated heterocycles. The van der Waals surface area contributed by atoms with Crippen LogP contribution in [-0.2, 0) is 6.54 Å². The number of fused-ring (bicyclic) bond motifs is 1. The molecule has 0 bridgehead atoms. The number of hydrogen-bond donors (Lipinski definition) is 1. The number of nitrogens with zero attached hydrogens (tertiary/aromatic N) is 2. The highest BCUT2D eigenvalue weighted by Crippen LogP contribution is 2.08. The number of hydrogen-bond acceptors (Lipinski definition) is 2. The number of aryl methyl sites for hydroxylation is 1. The van der Waals surface area contributed by atoms with Crippen molar-refractivity contribution in [2.24, 2.45) is 0 Å². The van der Waals surface area contributed by atoms with Crippen molar-refractivity contribution in [3.05, 3.63) is 35.8 Å². The topological polar surface area (TPSA) is 29.3 Å². The molecule has 1 atom stereocenters. The Morgan fingerprint density at radius 1 is 1.44 bits per heavy atom. The van der Waals surface area contributed by atoms with Crippen LogP contribution in [0.1, 0.15) is 31.5 Å². The normalized spacial score (nSPS) is 13.2. The highest BCUT2D eigenvalue weighted by atomic mass is 15.0. The first kappa shape index (κ1) is 11.1. The summed E-state index contributed by atoms with van der Waals surface area (Å²) in [5.41, 5.74) is 3.50. The van der Waals surface area contributed by atoms with Gasteiger partial charge in [0.2, 0.25) is 0 Å². The van der Waals surface area contributed by atoms with Crippen molar-refractivity contribution >= 4 is 5.65 Å². The van der Waals surface area contributed by atoms with E-state index >= 15 is 0 Å². The molecule has 3 heteroatoms. The van der Waals surface area contributed by atoms with Gasteiger partial charge in [-0.25, -0.2) is 4.98 Å². The Balaban J connectivity index is 2.21. The zero-order valence-electron chi connectivity index (χ0n) is 10.2. The maximum atomic E-state index is 4.39. The molecule has 2 rings (SSSR count). The summed E-state index contributed by atoms with van der Waals surface area (Å²) in [5, 5.41) is 3.49. The van der Waals surface area contributed by atoms with E-state index < -0.39 is 0 Å². The number of aromatic nitrogens is 2. The zero-order chi connectivity index (χ0) is 11.5. The van der Waals surface area contributed by atoms with Gasteiger partial charge in [-0.3, -0.25) is 0 Å². The molecule has 0 aliphatic heterocycles. The highest BCUT2D eigenvalue weighted by Gasteiger charge is 2.04. The van der Waals surface area contributed by atoms with Crippen LogP contribution >= 0.6 is 0 Å². The summed E-state index contributed by atoms with van der Waals surface area (Å²) in [6, 6.07) is 4.70. The summed E-state index contributed by atoms with van der Waals surface area (Å²) >= 11 is 0. The Bertz CT molecular complexity index is 473. The molecular formula is C13H19N3. The first-order valence-electron chi connectivity index (χ1n) is 5.86. The van der Waals surface area contributed by atoms with Crippen LogP contribution in [0, 0.1) is 6.92 Å². The summed E-state index contributed by atoms with van der Waals surface area (Å²) in [5.74, 6) is 0. The van der Waals surface area contributed by atoms with Crippen molar-refractivity contribution in [2.75, 3.05) is 0 Å². The molecule has 1 N–H and O–H groups in total. The monoisotopic (exact) mass is 217 g/mol. The fourth-order valence-electron chi connectivity index (χ4n) is 1.69. The van der Waals surface area contributed by atoms with Crippen LogP contribution < -0.4 is 5.32 Å². The molecule has 0 amide bonds. The average molecular weight is 217 g/mol. The lowest BCUT2D eigenvalue weighted by atomic mass is 10.2. The molecule has 16 heavy (non-hydrogen) atoms.